The normalized spacial score (nSPS) is 19.4. The topological polar surface area (TPSA) is 124 Å². The fraction of sp³-hybridized carbons (Fsp3) is 0.455. The minimum atomic E-state index is -0.705. The minimum absolute atomic E-state index is 0.294. The number of hydrogen-bond donors (Lipinski definition) is 3. The number of halogens is 1. The molecule has 4 N–H and O–H groups in total. The van der Waals surface area contributed by atoms with Crippen molar-refractivity contribution < 1.29 is 14.4 Å². The molecule has 0 aliphatic carbocycles. The fourth-order valence-electron chi connectivity index (χ4n) is 4.37. The average Bonchev–Trinajstić information content (AvgIpc) is 2.99. The fourth-order valence-corrected chi connectivity index (χ4v) is 4.53. The summed E-state index contributed by atoms with van der Waals surface area (Å²) in [6, 6.07) is 5.92. The van der Waals surface area contributed by atoms with Gasteiger partial charge >= 0.3 is 12.1 Å². The number of pyridine rings is 1. The molecule has 1 unspecified atom stereocenters. The zero-order valence-electron chi connectivity index (χ0n) is 18.5. The van der Waals surface area contributed by atoms with Crippen LogP contribution in [0, 0.1) is 0 Å². The molecule has 2 fully saturated rings. The monoisotopic (exact) mass is 473 g/mol. The van der Waals surface area contributed by atoms with Crippen LogP contribution < -0.4 is 21.3 Å². The summed E-state index contributed by atoms with van der Waals surface area (Å²) in [6.45, 7) is 2.55. The number of hydrogen-bond acceptors (Lipinski definition) is 6. The first kappa shape index (κ1) is 22.9. The molecule has 2 saturated heterocycles. The third-order valence-electron chi connectivity index (χ3n) is 6.12. The van der Waals surface area contributed by atoms with Crippen LogP contribution in [0.5, 0.6) is 0 Å². The quantitative estimate of drug-likeness (QED) is 0.613. The van der Waals surface area contributed by atoms with Gasteiger partial charge in [-0.25, -0.2) is 14.6 Å². The van der Waals surface area contributed by atoms with E-state index in [0.717, 1.165) is 29.4 Å². The number of carbonyl (C=O) groups is 3. The Labute approximate surface area is 197 Å². The van der Waals surface area contributed by atoms with Crippen LogP contribution in [0.2, 0.25) is 5.02 Å². The van der Waals surface area contributed by atoms with Crippen LogP contribution in [0.1, 0.15) is 19.3 Å². The van der Waals surface area contributed by atoms with Crippen molar-refractivity contribution in [2.45, 2.75) is 25.3 Å². The van der Waals surface area contributed by atoms with Crippen molar-refractivity contribution in [2.24, 2.45) is 0 Å². The Morgan fingerprint density at radius 2 is 1.85 bits per heavy atom. The predicted molar refractivity (Wildman–Crippen MR) is 127 cm³/mol. The van der Waals surface area contributed by atoms with Crippen LogP contribution in [0.15, 0.2) is 24.3 Å². The number of anilines is 2. The smallest absolute Gasteiger partial charge is 0.323 e. The molecule has 0 bridgehead atoms. The maximum atomic E-state index is 12.9. The molecule has 3 heterocycles. The van der Waals surface area contributed by atoms with Crippen LogP contribution >= 0.6 is 11.6 Å². The lowest BCUT2D eigenvalue weighted by atomic mass is 10.1. The highest BCUT2D eigenvalue weighted by atomic mass is 35.5. The van der Waals surface area contributed by atoms with E-state index in [2.05, 4.69) is 20.5 Å². The molecular formula is C22H28ClN7O3. The lowest BCUT2D eigenvalue weighted by Crippen LogP contribution is -2.57. The van der Waals surface area contributed by atoms with Crippen LogP contribution in [0.25, 0.3) is 10.9 Å². The van der Waals surface area contributed by atoms with Gasteiger partial charge in [-0.15, -0.1) is 0 Å². The van der Waals surface area contributed by atoms with Gasteiger partial charge in [0.1, 0.15) is 11.9 Å². The van der Waals surface area contributed by atoms with Crippen molar-refractivity contribution in [1.29, 1.82) is 0 Å². The second-order valence-electron chi connectivity index (χ2n) is 8.24. The number of piperazine rings is 1. The summed E-state index contributed by atoms with van der Waals surface area (Å²) in [4.78, 5) is 47.1. The number of nitrogens with one attached hydrogen (secondary N) is 2. The Hall–Kier alpha value is -3.27. The van der Waals surface area contributed by atoms with Gasteiger partial charge in [-0.3, -0.25) is 9.69 Å². The Kier molecular flexibility index (Phi) is 6.73. The van der Waals surface area contributed by atoms with Gasteiger partial charge in [0, 0.05) is 61.9 Å². The first-order valence-electron chi connectivity index (χ1n) is 11.1. The van der Waals surface area contributed by atoms with E-state index < -0.39 is 12.1 Å². The Balaban J connectivity index is 1.41. The number of imide groups is 1. The molecule has 176 valence electrons. The number of nitrogen functional groups attached to an aromatic ring is 1. The van der Waals surface area contributed by atoms with Gasteiger partial charge in [0.2, 0.25) is 0 Å². The number of fused-ring (bicyclic) bond motifs is 1. The molecule has 2 aliphatic rings. The maximum absolute atomic E-state index is 12.9. The number of amides is 5. The highest BCUT2D eigenvalue weighted by Crippen LogP contribution is 2.30. The van der Waals surface area contributed by atoms with Gasteiger partial charge in [-0.05, 0) is 37.5 Å². The molecule has 2 aromatic rings. The van der Waals surface area contributed by atoms with E-state index in [4.69, 9.17) is 17.3 Å². The molecule has 2 aliphatic heterocycles. The highest BCUT2D eigenvalue weighted by molar-refractivity contribution is 6.31. The van der Waals surface area contributed by atoms with Gasteiger partial charge in [0.25, 0.3) is 5.91 Å². The van der Waals surface area contributed by atoms with Crippen LogP contribution in [-0.4, -0.2) is 78.6 Å². The number of likely N-dealkylation sites (tertiary alicyclic amines) is 1. The summed E-state index contributed by atoms with van der Waals surface area (Å²) in [5, 5.41) is 6.87. The van der Waals surface area contributed by atoms with Crippen LogP contribution in [0.4, 0.5) is 21.1 Å². The van der Waals surface area contributed by atoms with Crippen LogP contribution in [-0.2, 0) is 4.79 Å². The number of nitrogens with zero attached hydrogens (tertiary/aromatic N) is 4. The Morgan fingerprint density at radius 3 is 2.58 bits per heavy atom. The third-order valence-corrected chi connectivity index (χ3v) is 6.36. The standard InChI is InChI=1S/C22H28ClN7O3/c1-25-21(32)30-7-3-2-4-16(20(30)31)27-22(33)29-10-8-28(9-11-29)18-13-19(24)26-17-12-14(23)5-6-15(17)18/h5-6,12-13,16H,2-4,7-11H2,1H3,(H2,24,26)(H,25,32)(H,27,33). The summed E-state index contributed by atoms with van der Waals surface area (Å²) in [5.74, 6) is 0.0451. The van der Waals surface area contributed by atoms with E-state index in [-0.39, 0.29) is 11.9 Å². The van der Waals surface area contributed by atoms with Crippen molar-refractivity contribution >= 4 is 52.0 Å². The summed E-state index contributed by atoms with van der Waals surface area (Å²) >= 11 is 6.10. The first-order valence-corrected chi connectivity index (χ1v) is 11.4. The molecule has 10 nitrogen and oxygen atoms in total. The van der Waals surface area contributed by atoms with Crippen molar-refractivity contribution in [3.05, 3.63) is 29.3 Å². The summed E-state index contributed by atoms with van der Waals surface area (Å²) in [5.41, 5.74) is 7.69. The Bertz CT molecular complexity index is 1070. The van der Waals surface area contributed by atoms with E-state index in [1.165, 1.54) is 11.9 Å². The molecular weight excluding hydrogens is 446 g/mol. The van der Waals surface area contributed by atoms with Crippen molar-refractivity contribution in [1.82, 2.24) is 25.4 Å². The average molecular weight is 474 g/mol. The summed E-state index contributed by atoms with van der Waals surface area (Å²) in [7, 11) is 1.49. The second kappa shape index (κ2) is 9.70. The molecule has 1 aromatic heterocycles. The molecule has 1 aromatic carbocycles. The van der Waals surface area contributed by atoms with Crippen molar-refractivity contribution in [3.8, 4) is 0 Å². The second-order valence-corrected chi connectivity index (χ2v) is 8.68. The Morgan fingerprint density at radius 1 is 1.09 bits per heavy atom. The van der Waals surface area contributed by atoms with Gasteiger partial charge < -0.3 is 26.2 Å². The molecule has 0 radical (unpaired) electrons. The molecule has 4 rings (SSSR count). The molecule has 0 saturated carbocycles. The number of aromatic nitrogens is 1. The molecule has 11 heteroatoms. The number of carbonyl (C=O) groups excluding carboxylic acids is 3. The van der Waals surface area contributed by atoms with E-state index in [9.17, 15) is 14.4 Å². The van der Waals surface area contributed by atoms with Gasteiger partial charge in [0.15, 0.2) is 0 Å². The lowest BCUT2D eigenvalue weighted by Gasteiger charge is -2.37. The number of benzene rings is 1. The number of urea groups is 2. The van der Waals surface area contributed by atoms with Gasteiger partial charge in [-0.1, -0.05) is 11.6 Å². The van der Waals surface area contributed by atoms with Gasteiger partial charge in [0.05, 0.1) is 5.52 Å². The van der Waals surface area contributed by atoms with E-state index in [1.807, 2.05) is 18.2 Å². The van der Waals surface area contributed by atoms with E-state index in [1.54, 1.807) is 11.0 Å². The highest BCUT2D eigenvalue weighted by Gasteiger charge is 2.33. The lowest BCUT2D eigenvalue weighted by molar-refractivity contribution is -0.129. The molecule has 33 heavy (non-hydrogen) atoms. The third kappa shape index (κ3) is 4.90. The van der Waals surface area contributed by atoms with E-state index >= 15 is 0 Å². The molecule has 0 spiro atoms. The van der Waals surface area contributed by atoms with Crippen LogP contribution in [0.3, 0.4) is 0 Å². The molecule has 5 amide bonds. The maximum Gasteiger partial charge on any atom is 0.323 e. The largest absolute Gasteiger partial charge is 0.384 e. The van der Waals surface area contributed by atoms with Crippen molar-refractivity contribution in [3.63, 3.8) is 0 Å². The predicted octanol–water partition coefficient (Wildman–Crippen LogP) is 2.02. The van der Waals surface area contributed by atoms with E-state index in [0.29, 0.717) is 50.0 Å². The number of nitrogens with two attached hydrogens (primary N) is 1. The summed E-state index contributed by atoms with van der Waals surface area (Å²) < 4.78 is 0. The SMILES string of the molecule is CNC(=O)N1CCCCC(NC(=O)N2CCN(c3cc(N)nc4cc(Cl)ccc34)CC2)C1=O. The first-order chi connectivity index (χ1) is 15.9. The number of rotatable bonds is 2. The minimum Gasteiger partial charge on any atom is -0.384 e. The van der Waals surface area contributed by atoms with Crippen molar-refractivity contribution in [2.75, 3.05) is 50.4 Å². The molecule has 1 atom stereocenters. The van der Waals surface area contributed by atoms with Gasteiger partial charge in [-0.2, -0.15) is 0 Å². The zero-order valence-corrected chi connectivity index (χ0v) is 19.3. The summed E-state index contributed by atoms with van der Waals surface area (Å²) in [6.07, 6.45) is 2.00. The zero-order chi connectivity index (χ0) is 23.5.